The van der Waals surface area contributed by atoms with Crippen molar-refractivity contribution in [2.24, 2.45) is 0 Å². The SMILES string of the molecule is COc1ccc(C(=O)N2c3cc(C)c(C(OC(C)(C)C)C(=O)O)c(-c4cc(F)c5c(c4C)CCCO5)c3CC2(C)C)cc1C. The van der Waals surface area contributed by atoms with Crippen LogP contribution < -0.4 is 14.4 Å². The number of nitrogens with zero attached hydrogens (tertiary/aromatic N) is 1. The van der Waals surface area contributed by atoms with Crippen LogP contribution in [0, 0.1) is 26.6 Å². The summed E-state index contributed by atoms with van der Waals surface area (Å²) in [6.07, 6.45) is 0.532. The molecule has 234 valence electrons. The van der Waals surface area contributed by atoms with Crippen LogP contribution in [0.4, 0.5) is 10.1 Å². The van der Waals surface area contributed by atoms with Crippen LogP contribution in [-0.4, -0.2) is 41.8 Å². The number of methoxy groups -OCH3 is 1. The zero-order chi connectivity index (χ0) is 32.3. The van der Waals surface area contributed by atoms with E-state index in [0.717, 1.165) is 28.7 Å². The standard InChI is InChI=1S/C36H42FNO6/c1-19-15-22(12-13-28(19)42-9)33(39)38-27-16-20(2)29(32(34(40)41)44-35(4,5)6)30(25(27)18-36(38,7)8)24-17-26(37)31-23(21(24)3)11-10-14-43-31/h12-13,15-17,32H,10-11,14,18H2,1-9H3,(H,40,41). The van der Waals surface area contributed by atoms with Crippen LogP contribution in [0.5, 0.6) is 11.5 Å². The third kappa shape index (κ3) is 5.45. The number of carboxylic acids is 1. The largest absolute Gasteiger partial charge is 0.496 e. The summed E-state index contributed by atoms with van der Waals surface area (Å²) in [6, 6.07) is 8.70. The van der Waals surface area contributed by atoms with Crippen LogP contribution in [0.25, 0.3) is 11.1 Å². The maximum absolute atomic E-state index is 15.7. The number of aliphatic carboxylic acids is 1. The Morgan fingerprint density at radius 2 is 1.77 bits per heavy atom. The van der Waals surface area contributed by atoms with Crippen molar-refractivity contribution in [3.63, 3.8) is 0 Å². The number of ether oxygens (including phenoxy) is 3. The first-order valence-electron chi connectivity index (χ1n) is 15.1. The van der Waals surface area contributed by atoms with Crippen molar-refractivity contribution in [1.82, 2.24) is 0 Å². The minimum Gasteiger partial charge on any atom is -0.496 e. The third-order valence-corrected chi connectivity index (χ3v) is 8.62. The van der Waals surface area contributed by atoms with Crippen LogP contribution in [0.15, 0.2) is 30.3 Å². The normalized spacial score (nSPS) is 16.2. The molecule has 2 heterocycles. The molecule has 0 bridgehead atoms. The minimum absolute atomic E-state index is 0.180. The van der Waals surface area contributed by atoms with Gasteiger partial charge in [-0.05, 0) is 138 Å². The van der Waals surface area contributed by atoms with E-state index in [1.807, 2.05) is 67.5 Å². The molecule has 0 saturated carbocycles. The Kier molecular flexibility index (Phi) is 8.04. The second kappa shape index (κ2) is 11.2. The van der Waals surface area contributed by atoms with Gasteiger partial charge in [-0.25, -0.2) is 9.18 Å². The van der Waals surface area contributed by atoms with Gasteiger partial charge in [-0.15, -0.1) is 0 Å². The highest BCUT2D eigenvalue weighted by Crippen LogP contribution is 2.51. The van der Waals surface area contributed by atoms with Crippen molar-refractivity contribution >= 4 is 17.6 Å². The van der Waals surface area contributed by atoms with Crippen LogP contribution in [0.1, 0.15) is 90.9 Å². The van der Waals surface area contributed by atoms with E-state index in [4.69, 9.17) is 14.2 Å². The number of carbonyl (C=O) groups is 2. The Bertz CT molecular complexity index is 1670. The lowest BCUT2D eigenvalue weighted by molar-refractivity contribution is -0.160. The van der Waals surface area contributed by atoms with E-state index in [-0.39, 0.29) is 11.7 Å². The van der Waals surface area contributed by atoms with E-state index in [1.54, 1.807) is 24.1 Å². The highest BCUT2D eigenvalue weighted by atomic mass is 19.1. The van der Waals surface area contributed by atoms with Crippen molar-refractivity contribution in [3.8, 4) is 22.6 Å². The summed E-state index contributed by atoms with van der Waals surface area (Å²) in [6.45, 7) is 15.5. The second-order valence-electron chi connectivity index (χ2n) is 13.5. The number of carboxylic acid groups (broad SMARTS) is 1. The van der Waals surface area contributed by atoms with Crippen molar-refractivity contribution in [2.75, 3.05) is 18.6 Å². The molecule has 0 radical (unpaired) electrons. The van der Waals surface area contributed by atoms with E-state index >= 15 is 4.39 Å². The Labute approximate surface area is 258 Å². The number of amides is 1. The lowest BCUT2D eigenvalue weighted by Crippen LogP contribution is -2.45. The molecule has 8 heteroatoms. The fraction of sp³-hybridized carbons (Fsp3) is 0.444. The molecule has 0 aliphatic carbocycles. The molecular formula is C36H42FNO6. The van der Waals surface area contributed by atoms with Crippen LogP contribution >= 0.6 is 0 Å². The summed E-state index contributed by atoms with van der Waals surface area (Å²) in [5.74, 6) is -0.847. The van der Waals surface area contributed by atoms with Crippen molar-refractivity contribution in [1.29, 1.82) is 0 Å². The van der Waals surface area contributed by atoms with Gasteiger partial charge in [-0.3, -0.25) is 4.79 Å². The van der Waals surface area contributed by atoms with Gasteiger partial charge >= 0.3 is 5.97 Å². The average Bonchev–Trinajstić information content (AvgIpc) is 3.21. The molecule has 2 aliphatic heterocycles. The van der Waals surface area contributed by atoms with Gasteiger partial charge in [0, 0.05) is 27.9 Å². The average molecular weight is 604 g/mol. The number of fused-ring (bicyclic) bond motifs is 2. The molecule has 1 atom stereocenters. The number of rotatable bonds is 6. The van der Waals surface area contributed by atoms with Crippen molar-refractivity contribution in [3.05, 3.63) is 75.1 Å². The molecular weight excluding hydrogens is 561 g/mol. The lowest BCUT2D eigenvalue weighted by Gasteiger charge is -2.33. The van der Waals surface area contributed by atoms with Gasteiger partial charge < -0.3 is 24.2 Å². The number of hydrogen-bond donors (Lipinski definition) is 1. The smallest absolute Gasteiger partial charge is 0.337 e. The number of hydrogen-bond acceptors (Lipinski definition) is 5. The molecule has 44 heavy (non-hydrogen) atoms. The fourth-order valence-electron chi connectivity index (χ4n) is 6.75. The summed E-state index contributed by atoms with van der Waals surface area (Å²) < 4.78 is 33.1. The lowest BCUT2D eigenvalue weighted by atomic mass is 9.82. The fourth-order valence-corrected chi connectivity index (χ4v) is 6.75. The molecule has 0 spiro atoms. The molecule has 5 rings (SSSR count). The van der Waals surface area contributed by atoms with Gasteiger partial charge in [0.2, 0.25) is 0 Å². The zero-order valence-electron chi connectivity index (χ0n) is 27.1. The van der Waals surface area contributed by atoms with Crippen LogP contribution in [0.2, 0.25) is 0 Å². The number of carbonyl (C=O) groups excluding carboxylic acids is 1. The summed E-state index contributed by atoms with van der Waals surface area (Å²) in [5.41, 5.74) is 5.32. The topological polar surface area (TPSA) is 85.3 Å². The van der Waals surface area contributed by atoms with Gasteiger partial charge in [0.15, 0.2) is 17.7 Å². The van der Waals surface area contributed by atoms with Crippen molar-refractivity contribution in [2.45, 2.75) is 91.9 Å². The second-order valence-corrected chi connectivity index (χ2v) is 13.5. The minimum atomic E-state index is -1.32. The molecule has 3 aromatic carbocycles. The quantitative estimate of drug-likeness (QED) is 0.311. The molecule has 3 aromatic rings. The Morgan fingerprint density at radius 1 is 1.07 bits per heavy atom. The molecule has 1 unspecified atom stereocenters. The van der Waals surface area contributed by atoms with Gasteiger partial charge in [0.25, 0.3) is 5.91 Å². The predicted octanol–water partition coefficient (Wildman–Crippen LogP) is 7.67. The number of aryl methyl sites for hydroxylation is 2. The van der Waals surface area contributed by atoms with Crippen LogP contribution in [-0.2, 0) is 22.4 Å². The Balaban J connectivity index is 1.82. The Morgan fingerprint density at radius 3 is 2.39 bits per heavy atom. The molecule has 1 amide bonds. The highest BCUT2D eigenvalue weighted by molar-refractivity contribution is 6.09. The van der Waals surface area contributed by atoms with Crippen LogP contribution in [0.3, 0.4) is 0 Å². The van der Waals surface area contributed by atoms with Gasteiger partial charge in [0.05, 0.1) is 19.3 Å². The molecule has 2 aliphatic rings. The Hall–Kier alpha value is -3.91. The molecule has 7 nitrogen and oxygen atoms in total. The molecule has 1 N–H and O–H groups in total. The van der Waals surface area contributed by atoms with E-state index in [2.05, 4.69) is 0 Å². The van der Waals surface area contributed by atoms with E-state index < -0.39 is 29.0 Å². The van der Waals surface area contributed by atoms with E-state index in [9.17, 15) is 14.7 Å². The van der Waals surface area contributed by atoms with Gasteiger partial charge in [-0.1, -0.05) is 0 Å². The summed E-state index contributed by atoms with van der Waals surface area (Å²) >= 11 is 0. The van der Waals surface area contributed by atoms with Gasteiger partial charge in [-0.2, -0.15) is 0 Å². The molecule has 0 aromatic heterocycles. The monoisotopic (exact) mass is 603 g/mol. The molecule has 0 fully saturated rings. The predicted molar refractivity (Wildman–Crippen MR) is 169 cm³/mol. The van der Waals surface area contributed by atoms with Crippen molar-refractivity contribution < 1.29 is 33.3 Å². The third-order valence-electron chi connectivity index (χ3n) is 8.62. The van der Waals surface area contributed by atoms with E-state index in [1.165, 1.54) is 6.07 Å². The number of benzene rings is 3. The zero-order valence-corrected chi connectivity index (χ0v) is 27.1. The maximum Gasteiger partial charge on any atom is 0.337 e. The summed E-state index contributed by atoms with van der Waals surface area (Å²) in [4.78, 5) is 28.9. The first-order valence-corrected chi connectivity index (χ1v) is 15.1. The first kappa shape index (κ1) is 31.5. The summed E-state index contributed by atoms with van der Waals surface area (Å²) in [7, 11) is 1.59. The summed E-state index contributed by atoms with van der Waals surface area (Å²) in [5, 5.41) is 10.5. The highest BCUT2D eigenvalue weighted by Gasteiger charge is 2.44. The number of anilines is 1. The first-order chi connectivity index (χ1) is 20.6. The van der Waals surface area contributed by atoms with E-state index in [0.29, 0.717) is 58.7 Å². The maximum atomic E-state index is 15.7. The van der Waals surface area contributed by atoms with Gasteiger partial charge in [0.1, 0.15) is 5.75 Å². The number of halogens is 1. The molecule has 0 saturated heterocycles.